The molecular weight excluding hydrogens is 438 g/mol. The molecule has 0 saturated carbocycles. The van der Waals surface area contributed by atoms with Crippen molar-refractivity contribution >= 4 is 32.9 Å². The molecule has 2 saturated heterocycles. The van der Waals surface area contributed by atoms with Crippen LogP contribution in [0.5, 0.6) is 5.75 Å². The van der Waals surface area contributed by atoms with Crippen molar-refractivity contribution in [1.82, 2.24) is 14.7 Å². The van der Waals surface area contributed by atoms with E-state index in [1.54, 1.807) is 4.90 Å². The number of halogens is 1. The first-order valence-corrected chi connectivity index (χ1v) is 11.0. The Morgan fingerprint density at radius 1 is 1.31 bits per heavy atom. The highest BCUT2D eigenvalue weighted by atomic mass is 79.9. The molecule has 0 radical (unpaired) electrons. The summed E-state index contributed by atoms with van der Waals surface area (Å²) in [4.78, 5) is 13.8. The number of aromatic nitrogens is 2. The Morgan fingerprint density at radius 3 is 2.79 bits per heavy atom. The highest BCUT2D eigenvalue weighted by Crippen LogP contribution is 2.34. The first-order chi connectivity index (χ1) is 13.8. The van der Waals surface area contributed by atoms with Crippen LogP contribution in [0.1, 0.15) is 46.3 Å². The van der Waals surface area contributed by atoms with Crippen molar-refractivity contribution in [1.29, 1.82) is 0 Å². The van der Waals surface area contributed by atoms with Gasteiger partial charge in [-0.05, 0) is 52.2 Å². The number of hydrogen-bond acceptors (Lipinski definition) is 5. The topological polar surface area (TPSA) is 65.8 Å². The maximum absolute atomic E-state index is 12.1. The second kappa shape index (κ2) is 8.14. The van der Waals surface area contributed by atoms with Gasteiger partial charge in [0.1, 0.15) is 11.4 Å². The molecule has 1 amide bonds. The fraction of sp³-hybridized carbons (Fsp3) is 0.619. The molecule has 0 bridgehead atoms. The highest BCUT2D eigenvalue weighted by Gasteiger charge is 2.34. The molecule has 2 aromatic rings. The zero-order chi connectivity index (χ0) is 20.6. The predicted octanol–water partition coefficient (Wildman–Crippen LogP) is 4.74. The molecule has 2 aliphatic rings. The summed E-state index contributed by atoms with van der Waals surface area (Å²) in [6.07, 6.45) is 4.81. The first-order valence-electron chi connectivity index (χ1n) is 10.2. The van der Waals surface area contributed by atoms with Gasteiger partial charge >= 0.3 is 6.09 Å². The molecule has 0 spiro atoms. The van der Waals surface area contributed by atoms with Crippen molar-refractivity contribution in [3.8, 4) is 5.75 Å². The number of nitrogens with zero attached hydrogens (tertiary/aromatic N) is 3. The summed E-state index contributed by atoms with van der Waals surface area (Å²) in [5, 5.41) is 5.55. The largest absolute Gasteiger partial charge is 0.492 e. The second-order valence-electron chi connectivity index (χ2n) is 8.81. The fourth-order valence-corrected chi connectivity index (χ4v) is 4.13. The number of ether oxygens (including phenoxy) is 3. The molecule has 158 valence electrons. The van der Waals surface area contributed by atoms with Gasteiger partial charge in [-0.1, -0.05) is 15.9 Å². The third-order valence-corrected chi connectivity index (χ3v) is 5.61. The van der Waals surface area contributed by atoms with Crippen LogP contribution in [0, 0.1) is 5.92 Å². The lowest BCUT2D eigenvalue weighted by Gasteiger charge is -2.39. The molecule has 2 aliphatic heterocycles. The van der Waals surface area contributed by atoms with Crippen molar-refractivity contribution in [3.63, 3.8) is 0 Å². The van der Waals surface area contributed by atoms with Crippen molar-refractivity contribution < 1.29 is 19.0 Å². The van der Waals surface area contributed by atoms with Crippen LogP contribution in [-0.4, -0.2) is 52.7 Å². The number of carbonyl (C=O) groups excluding carboxylic acids is 1. The van der Waals surface area contributed by atoms with Crippen LogP contribution in [0.4, 0.5) is 4.79 Å². The maximum Gasteiger partial charge on any atom is 0.410 e. The normalized spacial score (nSPS) is 20.6. The summed E-state index contributed by atoms with van der Waals surface area (Å²) in [6.45, 7) is 8.27. The number of carbonyl (C=O) groups is 1. The Hall–Kier alpha value is -1.80. The molecule has 0 aliphatic carbocycles. The Morgan fingerprint density at radius 2 is 2.10 bits per heavy atom. The number of benzene rings is 1. The Kier molecular flexibility index (Phi) is 5.75. The van der Waals surface area contributed by atoms with Gasteiger partial charge in [-0.25, -0.2) is 9.48 Å². The van der Waals surface area contributed by atoms with Crippen molar-refractivity contribution in [2.75, 3.05) is 26.3 Å². The van der Waals surface area contributed by atoms with Crippen LogP contribution < -0.4 is 4.74 Å². The minimum atomic E-state index is -0.469. The van der Waals surface area contributed by atoms with E-state index >= 15 is 0 Å². The van der Waals surface area contributed by atoms with Gasteiger partial charge in [0.2, 0.25) is 0 Å². The Bertz CT molecular complexity index is 880. The summed E-state index contributed by atoms with van der Waals surface area (Å²) in [5.41, 5.74) is 0.535. The average Bonchev–Trinajstić information content (AvgIpc) is 3.03. The third-order valence-electron chi connectivity index (χ3n) is 5.15. The zero-order valence-electron chi connectivity index (χ0n) is 17.2. The first kappa shape index (κ1) is 20.5. The predicted molar refractivity (Wildman–Crippen MR) is 113 cm³/mol. The number of likely N-dealkylation sites (tertiary alicyclic amines) is 1. The van der Waals surface area contributed by atoms with Crippen LogP contribution in [-0.2, 0) is 9.47 Å². The summed E-state index contributed by atoms with van der Waals surface area (Å²) in [7, 11) is 0. The molecule has 7 nitrogen and oxygen atoms in total. The summed E-state index contributed by atoms with van der Waals surface area (Å²) in [5.74, 6) is 1.10. The molecule has 3 heterocycles. The zero-order valence-corrected chi connectivity index (χ0v) is 18.8. The van der Waals surface area contributed by atoms with Crippen LogP contribution in [0.3, 0.4) is 0 Å². The van der Waals surface area contributed by atoms with E-state index < -0.39 is 5.60 Å². The quantitative estimate of drug-likeness (QED) is 0.651. The van der Waals surface area contributed by atoms with Gasteiger partial charge in [0.15, 0.2) is 6.23 Å². The lowest BCUT2D eigenvalue weighted by molar-refractivity contribution is -0.0366. The van der Waals surface area contributed by atoms with Crippen molar-refractivity contribution in [3.05, 3.63) is 22.8 Å². The molecule has 1 atom stereocenters. The number of rotatable bonds is 4. The van der Waals surface area contributed by atoms with E-state index in [0.717, 1.165) is 47.0 Å². The summed E-state index contributed by atoms with van der Waals surface area (Å²) >= 11 is 3.59. The lowest BCUT2D eigenvalue weighted by atomic mass is 10.0. The van der Waals surface area contributed by atoms with E-state index in [1.807, 2.05) is 37.7 Å². The summed E-state index contributed by atoms with van der Waals surface area (Å²) in [6, 6.07) is 4.03. The van der Waals surface area contributed by atoms with E-state index in [0.29, 0.717) is 25.6 Å². The molecule has 4 rings (SSSR count). The highest BCUT2D eigenvalue weighted by molar-refractivity contribution is 9.10. The number of amides is 1. The Balaban J connectivity index is 1.39. The van der Waals surface area contributed by atoms with Crippen LogP contribution in [0.2, 0.25) is 0 Å². The minimum absolute atomic E-state index is 0.0163. The van der Waals surface area contributed by atoms with Crippen LogP contribution in [0.25, 0.3) is 10.9 Å². The second-order valence-corrected chi connectivity index (χ2v) is 9.73. The van der Waals surface area contributed by atoms with E-state index in [4.69, 9.17) is 14.2 Å². The fourth-order valence-electron chi connectivity index (χ4n) is 3.70. The van der Waals surface area contributed by atoms with Crippen molar-refractivity contribution in [2.45, 2.75) is 51.9 Å². The number of hydrogen-bond donors (Lipinski definition) is 0. The smallest absolute Gasteiger partial charge is 0.410 e. The monoisotopic (exact) mass is 465 g/mol. The number of fused-ring (bicyclic) bond motifs is 1. The van der Waals surface area contributed by atoms with E-state index in [-0.39, 0.29) is 12.3 Å². The minimum Gasteiger partial charge on any atom is -0.492 e. The van der Waals surface area contributed by atoms with Gasteiger partial charge in [-0.15, -0.1) is 0 Å². The molecule has 1 aromatic carbocycles. The average molecular weight is 466 g/mol. The van der Waals surface area contributed by atoms with E-state index in [9.17, 15) is 4.79 Å². The van der Waals surface area contributed by atoms with Gasteiger partial charge in [-0.3, -0.25) is 0 Å². The lowest BCUT2D eigenvalue weighted by Crippen LogP contribution is -2.53. The Labute approximate surface area is 179 Å². The van der Waals surface area contributed by atoms with E-state index in [1.165, 1.54) is 0 Å². The molecular formula is C21H28BrN3O4. The van der Waals surface area contributed by atoms with E-state index in [2.05, 4.69) is 27.1 Å². The van der Waals surface area contributed by atoms with Gasteiger partial charge in [-0.2, -0.15) is 5.10 Å². The molecule has 1 aromatic heterocycles. The molecule has 0 N–H and O–H groups in total. The van der Waals surface area contributed by atoms with Gasteiger partial charge in [0, 0.05) is 30.1 Å². The van der Waals surface area contributed by atoms with Crippen LogP contribution >= 0.6 is 15.9 Å². The summed E-state index contributed by atoms with van der Waals surface area (Å²) < 4.78 is 20.3. The van der Waals surface area contributed by atoms with Gasteiger partial charge in [0.25, 0.3) is 0 Å². The standard InChI is InChI=1S/C21H28BrN3O4/c1-21(2,3)29-20(26)24-11-14(12-24)13-28-18-9-15(22)8-17-16(18)10-23-25(17)19-6-4-5-7-27-19/h8-10,14,19H,4-7,11-13H2,1-3H3. The van der Waals surface area contributed by atoms with Gasteiger partial charge < -0.3 is 19.1 Å². The van der Waals surface area contributed by atoms with Crippen molar-refractivity contribution in [2.24, 2.45) is 5.92 Å². The molecule has 1 unspecified atom stereocenters. The molecule has 8 heteroatoms. The molecule has 2 fully saturated rings. The molecule has 29 heavy (non-hydrogen) atoms. The van der Waals surface area contributed by atoms with Gasteiger partial charge in [0.05, 0.1) is 23.7 Å². The third kappa shape index (κ3) is 4.69. The van der Waals surface area contributed by atoms with Crippen LogP contribution in [0.15, 0.2) is 22.8 Å². The SMILES string of the molecule is CC(C)(C)OC(=O)N1CC(COc2cc(Br)cc3c2cnn3C2CCCCO2)C1. The maximum atomic E-state index is 12.1.